The molecule has 4 nitrogen and oxygen atoms in total. The van der Waals surface area contributed by atoms with Crippen LogP contribution in [-0.4, -0.2) is 43.1 Å². The average molecular weight is 350 g/mol. The van der Waals surface area contributed by atoms with Crippen molar-refractivity contribution >= 4 is 5.91 Å². The maximum atomic E-state index is 12.9. The number of rotatable bonds is 5. The number of carbonyl (C=O) groups is 1. The third kappa shape index (κ3) is 4.72. The van der Waals surface area contributed by atoms with Gasteiger partial charge in [0.2, 0.25) is 0 Å². The van der Waals surface area contributed by atoms with Crippen LogP contribution in [0.5, 0.6) is 0 Å². The molecule has 0 saturated heterocycles. The highest BCUT2D eigenvalue weighted by molar-refractivity contribution is 5.90. The molecule has 0 spiro atoms. The molecule has 4 heteroatoms. The molecule has 0 aromatic heterocycles. The molecule has 26 heavy (non-hydrogen) atoms. The summed E-state index contributed by atoms with van der Waals surface area (Å²) in [6, 6.07) is 14.7. The molecule has 0 aliphatic rings. The van der Waals surface area contributed by atoms with E-state index in [0.717, 1.165) is 11.1 Å². The van der Waals surface area contributed by atoms with Crippen molar-refractivity contribution in [2.24, 2.45) is 0 Å². The quantitative estimate of drug-likeness (QED) is 0.813. The zero-order chi connectivity index (χ0) is 19.2. The Hall–Kier alpha value is -2.61. The Kier molecular flexibility index (Phi) is 6.57. The van der Waals surface area contributed by atoms with Crippen LogP contribution in [0.25, 0.3) is 0 Å². The van der Waals surface area contributed by atoms with E-state index in [1.165, 1.54) is 0 Å². The van der Waals surface area contributed by atoms with Gasteiger partial charge in [-0.25, -0.2) is 0 Å². The number of hydrogen-bond donors (Lipinski definition) is 2. The lowest BCUT2D eigenvalue weighted by molar-refractivity contribution is -0.136. The second-order valence-corrected chi connectivity index (χ2v) is 6.72. The highest BCUT2D eigenvalue weighted by atomic mass is 16.3. The van der Waals surface area contributed by atoms with Gasteiger partial charge in [0.15, 0.2) is 5.60 Å². The van der Waals surface area contributed by atoms with E-state index in [-0.39, 0.29) is 6.54 Å². The molecule has 0 radical (unpaired) electrons. The first-order valence-electron chi connectivity index (χ1n) is 8.59. The highest BCUT2D eigenvalue weighted by Gasteiger charge is 2.39. The Morgan fingerprint density at radius 2 is 1.42 bits per heavy atom. The number of amides is 1. The van der Waals surface area contributed by atoms with Crippen LogP contribution >= 0.6 is 0 Å². The van der Waals surface area contributed by atoms with Gasteiger partial charge in [-0.15, -0.1) is 0 Å². The van der Waals surface area contributed by atoms with E-state index in [4.69, 9.17) is 0 Å². The maximum absolute atomic E-state index is 12.9. The van der Waals surface area contributed by atoms with Crippen molar-refractivity contribution in [3.05, 3.63) is 70.8 Å². The Balaban J connectivity index is 2.30. The molecule has 0 bridgehead atoms. The van der Waals surface area contributed by atoms with Crippen LogP contribution in [0.2, 0.25) is 0 Å². The molecule has 0 aliphatic heterocycles. The summed E-state index contributed by atoms with van der Waals surface area (Å²) < 4.78 is 0. The molecular weight excluding hydrogens is 324 g/mol. The van der Waals surface area contributed by atoms with Gasteiger partial charge in [-0.3, -0.25) is 9.69 Å². The smallest absolute Gasteiger partial charge is 0.262 e. The molecule has 0 heterocycles. The molecule has 0 fully saturated rings. The Morgan fingerprint density at radius 1 is 0.962 bits per heavy atom. The number of carbonyl (C=O) groups excluding carboxylic acids is 1. The Labute approximate surface area is 155 Å². The van der Waals surface area contributed by atoms with Crippen LogP contribution < -0.4 is 5.32 Å². The summed E-state index contributed by atoms with van der Waals surface area (Å²) in [6.07, 6.45) is 0. The molecule has 2 N–H and O–H groups in total. The minimum absolute atomic E-state index is 0.187. The second-order valence-electron chi connectivity index (χ2n) is 6.72. The van der Waals surface area contributed by atoms with E-state index < -0.39 is 11.5 Å². The molecule has 0 saturated carbocycles. The summed E-state index contributed by atoms with van der Waals surface area (Å²) in [7, 11) is 3.86. The van der Waals surface area contributed by atoms with Crippen LogP contribution in [-0.2, 0) is 10.4 Å². The molecule has 136 valence electrons. The van der Waals surface area contributed by atoms with E-state index in [1.54, 1.807) is 24.3 Å². The number of hydrogen-bond acceptors (Lipinski definition) is 3. The van der Waals surface area contributed by atoms with Gasteiger partial charge in [-0.05, 0) is 39.1 Å². The summed E-state index contributed by atoms with van der Waals surface area (Å²) in [4.78, 5) is 14.8. The van der Waals surface area contributed by atoms with Gasteiger partial charge in [0.1, 0.15) is 0 Å². The van der Waals surface area contributed by atoms with Crippen LogP contribution in [0.1, 0.15) is 22.3 Å². The van der Waals surface area contributed by atoms with Crippen molar-refractivity contribution in [3.63, 3.8) is 0 Å². The Morgan fingerprint density at radius 3 is 1.85 bits per heavy atom. The zero-order valence-corrected chi connectivity index (χ0v) is 15.8. The molecule has 1 amide bonds. The minimum Gasteiger partial charge on any atom is -0.372 e. The fraction of sp³-hybridized carbons (Fsp3) is 0.318. The predicted octanol–water partition coefficient (Wildman–Crippen LogP) is 2.22. The lowest BCUT2D eigenvalue weighted by Gasteiger charge is -2.28. The molecular formula is C22H26N2O2. The fourth-order valence-electron chi connectivity index (χ4n) is 2.55. The Bertz CT molecular complexity index is 751. The summed E-state index contributed by atoms with van der Waals surface area (Å²) in [5.74, 6) is 5.39. The van der Waals surface area contributed by atoms with Crippen LogP contribution in [0.15, 0.2) is 48.5 Å². The molecule has 0 aliphatic carbocycles. The third-order valence-electron chi connectivity index (χ3n) is 4.12. The van der Waals surface area contributed by atoms with Crippen LogP contribution in [0, 0.1) is 25.7 Å². The molecule has 2 rings (SSSR count). The van der Waals surface area contributed by atoms with Crippen molar-refractivity contribution in [1.82, 2.24) is 10.2 Å². The van der Waals surface area contributed by atoms with Gasteiger partial charge in [-0.1, -0.05) is 71.5 Å². The first-order chi connectivity index (χ1) is 12.3. The number of aryl methyl sites for hydroxylation is 2. The molecule has 2 aromatic carbocycles. The third-order valence-corrected chi connectivity index (χ3v) is 4.12. The molecule has 0 atom stereocenters. The predicted molar refractivity (Wildman–Crippen MR) is 105 cm³/mol. The summed E-state index contributed by atoms with van der Waals surface area (Å²) in [5.41, 5.74) is 1.44. The SMILES string of the molecule is Cc1ccc(C(O)(C(=O)NCC#CCN(C)C)c2ccc(C)cc2)cc1. The number of aliphatic hydroxyl groups is 1. The van der Waals surface area contributed by atoms with Crippen molar-refractivity contribution in [1.29, 1.82) is 0 Å². The monoisotopic (exact) mass is 350 g/mol. The summed E-state index contributed by atoms with van der Waals surface area (Å²) in [5, 5.41) is 14.1. The van der Waals surface area contributed by atoms with Crippen molar-refractivity contribution in [2.45, 2.75) is 19.4 Å². The van der Waals surface area contributed by atoms with Crippen LogP contribution in [0.3, 0.4) is 0 Å². The topological polar surface area (TPSA) is 52.6 Å². The normalized spacial score (nSPS) is 11.0. The number of nitrogens with zero attached hydrogens (tertiary/aromatic N) is 1. The minimum atomic E-state index is -1.76. The van der Waals surface area contributed by atoms with Gasteiger partial charge < -0.3 is 10.4 Å². The standard InChI is InChI=1S/C22H26N2O2/c1-17-7-11-19(12-8-17)22(26,20-13-9-18(2)10-14-20)21(25)23-15-5-6-16-24(3)4/h7-14,26H,15-16H2,1-4H3,(H,23,25). The lowest BCUT2D eigenvalue weighted by Crippen LogP contribution is -2.45. The van der Waals surface area contributed by atoms with Gasteiger partial charge in [0.05, 0.1) is 13.1 Å². The molecule has 2 aromatic rings. The van der Waals surface area contributed by atoms with Gasteiger partial charge in [0.25, 0.3) is 5.91 Å². The highest BCUT2D eigenvalue weighted by Crippen LogP contribution is 2.30. The second kappa shape index (κ2) is 8.66. The van der Waals surface area contributed by atoms with Crippen molar-refractivity contribution < 1.29 is 9.90 Å². The first-order valence-corrected chi connectivity index (χ1v) is 8.59. The van der Waals surface area contributed by atoms with E-state index in [0.29, 0.717) is 17.7 Å². The lowest BCUT2D eigenvalue weighted by atomic mass is 9.84. The maximum Gasteiger partial charge on any atom is 0.262 e. The summed E-state index contributed by atoms with van der Waals surface area (Å²) >= 11 is 0. The van der Waals surface area contributed by atoms with Gasteiger partial charge >= 0.3 is 0 Å². The number of benzene rings is 2. The van der Waals surface area contributed by atoms with E-state index in [9.17, 15) is 9.90 Å². The van der Waals surface area contributed by atoms with Crippen molar-refractivity contribution in [2.75, 3.05) is 27.2 Å². The van der Waals surface area contributed by atoms with E-state index in [1.807, 2.05) is 57.1 Å². The average Bonchev–Trinajstić information content (AvgIpc) is 2.61. The first kappa shape index (κ1) is 19.7. The van der Waals surface area contributed by atoms with Gasteiger partial charge in [0, 0.05) is 0 Å². The zero-order valence-electron chi connectivity index (χ0n) is 15.8. The van der Waals surface area contributed by atoms with E-state index >= 15 is 0 Å². The van der Waals surface area contributed by atoms with E-state index in [2.05, 4.69) is 17.2 Å². The fourth-order valence-corrected chi connectivity index (χ4v) is 2.55. The van der Waals surface area contributed by atoms with Crippen molar-refractivity contribution in [3.8, 4) is 11.8 Å². The van der Waals surface area contributed by atoms with Crippen LogP contribution in [0.4, 0.5) is 0 Å². The van der Waals surface area contributed by atoms with Gasteiger partial charge in [-0.2, -0.15) is 0 Å². The largest absolute Gasteiger partial charge is 0.372 e. The summed E-state index contributed by atoms with van der Waals surface area (Å²) in [6.45, 7) is 4.74. The molecule has 0 unspecified atom stereocenters. The number of nitrogens with one attached hydrogen (secondary N) is 1.